The summed E-state index contributed by atoms with van der Waals surface area (Å²) in [5.74, 6) is 0.892. The van der Waals surface area contributed by atoms with E-state index in [2.05, 4.69) is 48.3 Å². The molecule has 21 heavy (non-hydrogen) atoms. The first-order valence-electron chi connectivity index (χ1n) is 7.32. The fraction of sp³-hybridized carbons (Fsp3) is 0.333. The van der Waals surface area contributed by atoms with E-state index in [1.54, 1.807) is 7.11 Å². The van der Waals surface area contributed by atoms with Crippen molar-refractivity contribution in [1.82, 2.24) is 4.90 Å². The topological polar surface area (TPSA) is 38.5 Å². The molecule has 0 heterocycles. The Morgan fingerprint density at radius 3 is 2.29 bits per heavy atom. The van der Waals surface area contributed by atoms with Gasteiger partial charge < -0.3 is 10.5 Å². The Morgan fingerprint density at radius 2 is 1.71 bits per heavy atom. The average molecular weight is 284 g/mol. The normalized spacial score (nSPS) is 12.4. The van der Waals surface area contributed by atoms with E-state index >= 15 is 0 Å². The van der Waals surface area contributed by atoms with Gasteiger partial charge in [0.05, 0.1) is 7.11 Å². The van der Waals surface area contributed by atoms with Crippen molar-refractivity contribution in [3.05, 3.63) is 65.7 Å². The Hall–Kier alpha value is -1.84. The van der Waals surface area contributed by atoms with Gasteiger partial charge in [0, 0.05) is 12.6 Å². The fourth-order valence-corrected chi connectivity index (χ4v) is 2.60. The summed E-state index contributed by atoms with van der Waals surface area (Å²) in [5, 5.41) is 0. The van der Waals surface area contributed by atoms with Gasteiger partial charge in [-0.3, -0.25) is 4.90 Å². The first-order chi connectivity index (χ1) is 10.2. The second-order valence-electron chi connectivity index (χ2n) is 5.27. The van der Waals surface area contributed by atoms with Gasteiger partial charge in [-0.15, -0.1) is 0 Å². The summed E-state index contributed by atoms with van der Waals surface area (Å²) in [6.07, 6.45) is 0.955. The van der Waals surface area contributed by atoms with Gasteiger partial charge in [0.1, 0.15) is 5.75 Å². The molecule has 0 fully saturated rings. The Labute approximate surface area is 127 Å². The monoisotopic (exact) mass is 284 g/mol. The van der Waals surface area contributed by atoms with Crippen molar-refractivity contribution in [2.24, 2.45) is 5.73 Å². The van der Waals surface area contributed by atoms with Gasteiger partial charge in [0.2, 0.25) is 0 Å². The summed E-state index contributed by atoms with van der Waals surface area (Å²) in [7, 11) is 3.84. The fourth-order valence-electron chi connectivity index (χ4n) is 2.60. The molecule has 112 valence electrons. The summed E-state index contributed by atoms with van der Waals surface area (Å²) >= 11 is 0. The summed E-state index contributed by atoms with van der Waals surface area (Å²) in [6.45, 7) is 1.58. The zero-order valence-corrected chi connectivity index (χ0v) is 12.8. The van der Waals surface area contributed by atoms with E-state index in [0.717, 1.165) is 18.7 Å². The zero-order valence-electron chi connectivity index (χ0n) is 12.8. The van der Waals surface area contributed by atoms with E-state index in [-0.39, 0.29) is 0 Å². The second kappa shape index (κ2) is 7.81. The van der Waals surface area contributed by atoms with Gasteiger partial charge in [-0.1, -0.05) is 42.5 Å². The van der Waals surface area contributed by atoms with Crippen LogP contribution in [0.3, 0.4) is 0 Å². The van der Waals surface area contributed by atoms with Crippen LogP contribution in [0.2, 0.25) is 0 Å². The van der Waals surface area contributed by atoms with Crippen LogP contribution in [-0.4, -0.2) is 25.6 Å². The molecule has 3 heteroatoms. The maximum Gasteiger partial charge on any atom is 0.118 e. The molecule has 2 rings (SSSR count). The molecule has 0 aromatic heterocycles. The van der Waals surface area contributed by atoms with Crippen molar-refractivity contribution in [1.29, 1.82) is 0 Å². The lowest BCUT2D eigenvalue weighted by Crippen LogP contribution is -2.26. The summed E-state index contributed by atoms with van der Waals surface area (Å²) in [4.78, 5) is 2.35. The van der Waals surface area contributed by atoms with Gasteiger partial charge >= 0.3 is 0 Å². The number of methoxy groups -OCH3 is 1. The van der Waals surface area contributed by atoms with Crippen molar-refractivity contribution in [2.75, 3.05) is 20.7 Å². The number of benzene rings is 2. The maximum absolute atomic E-state index is 5.79. The Morgan fingerprint density at radius 1 is 1.05 bits per heavy atom. The molecule has 2 aromatic rings. The summed E-state index contributed by atoms with van der Waals surface area (Å²) in [6, 6.07) is 19.1. The van der Waals surface area contributed by atoms with Crippen LogP contribution >= 0.6 is 0 Å². The molecule has 0 bridgehead atoms. The molecule has 0 radical (unpaired) electrons. The van der Waals surface area contributed by atoms with E-state index in [4.69, 9.17) is 10.5 Å². The minimum atomic E-state index is 0.346. The molecular formula is C18H24N2O. The number of rotatable bonds is 7. The van der Waals surface area contributed by atoms with E-state index in [1.807, 2.05) is 18.2 Å². The molecular weight excluding hydrogens is 260 g/mol. The average Bonchev–Trinajstić information content (AvgIpc) is 2.54. The van der Waals surface area contributed by atoms with Gasteiger partial charge in [-0.05, 0) is 43.3 Å². The highest BCUT2D eigenvalue weighted by molar-refractivity contribution is 5.27. The second-order valence-corrected chi connectivity index (χ2v) is 5.27. The Balaban J connectivity index is 2.09. The van der Waals surface area contributed by atoms with Crippen LogP contribution in [0.5, 0.6) is 5.75 Å². The van der Waals surface area contributed by atoms with Crippen LogP contribution in [0.25, 0.3) is 0 Å². The van der Waals surface area contributed by atoms with Crippen molar-refractivity contribution < 1.29 is 4.74 Å². The molecule has 0 saturated carbocycles. The maximum atomic E-state index is 5.79. The quantitative estimate of drug-likeness (QED) is 0.848. The minimum Gasteiger partial charge on any atom is -0.497 e. The molecule has 0 aliphatic carbocycles. The van der Waals surface area contributed by atoms with Crippen LogP contribution in [0.4, 0.5) is 0 Å². The number of hydrogen-bond donors (Lipinski definition) is 1. The van der Waals surface area contributed by atoms with E-state index in [9.17, 15) is 0 Å². The van der Waals surface area contributed by atoms with Crippen molar-refractivity contribution >= 4 is 0 Å². The molecule has 1 unspecified atom stereocenters. The lowest BCUT2D eigenvalue weighted by molar-refractivity contribution is 0.227. The van der Waals surface area contributed by atoms with Crippen LogP contribution in [-0.2, 0) is 6.54 Å². The SMILES string of the molecule is COc1ccc(CN(C)C(CCN)c2ccccc2)cc1. The van der Waals surface area contributed by atoms with Gasteiger partial charge in [-0.25, -0.2) is 0 Å². The first kappa shape index (κ1) is 15.5. The standard InChI is InChI=1S/C18H24N2O/c1-20(14-15-8-10-17(21-2)11-9-15)18(12-13-19)16-6-4-3-5-7-16/h3-11,18H,12-14,19H2,1-2H3. The smallest absolute Gasteiger partial charge is 0.118 e. The van der Waals surface area contributed by atoms with Crippen LogP contribution in [0.15, 0.2) is 54.6 Å². The molecule has 0 spiro atoms. The van der Waals surface area contributed by atoms with Gasteiger partial charge in [-0.2, -0.15) is 0 Å². The predicted molar refractivity (Wildman–Crippen MR) is 87.3 cm³/mol. The molecule has 0 aliphatic rings. The first-order valence-corrected chi connectivity index (χ1v) is 7.32. The predicted octanol–water partition coefficient (Wildman–Crippen LogP) is 3.22. The third-order valence-corrected chi connectivity index (χ3v) is 3.75. The largest absolute Gasteiger partial charge is 0.497 e. The molecule has 0 saturated heterocycles. The summed E-state index contributed by atoms with van der Waals surface area (Å²) < 4.78 is 5.20. The molecule has 0 aliphatic heterocycles. The third kappa shape index (κ3) is 4.31. The number of nitrogens with two attached hydrogens (primary N) is 1. The van der Waals surface area contributed by atoms with Crippen LogP contribution in [0.1, 0.15) is 23.6 Å². The van der Waals surface area contributed by atoms with E-state index in [0.29, 0.717) is 12.6 Å². The summed E-state index contributed by atoms with van der Waals surface area (Å²) in [5.41, 5.74) is 8.39. The number of hydrogen-bond acceptors (Lipinski definition) is 3. The molecule has 0 amide bonds. The minimum absolute atomic E-state index is 0.346. The third-order valence-electron chi connectivity index (χ3n) is 3.75. The highest BCUT2D eigenvalue weighted by atomic mass is 16.5. The number of nitrogens with zero attached hydrogens (tertiary/aromatic N) is 1. The van der Waals surface area contributed by atoms with E-state index < -0.39 is 0 Å². The highest BCUT2D eigenvalue weighted by Crippen LogP contribution is 2.24. The lowest BCUT2D eigenvalue weighted by Gasteiger charge is -2.28. The van der Waals surface area contributed by atoms with E-state index in [1.165, 1.54) is 11.1 Å². The van der Waals surface area contributed by atoms with Gasteiger partial charge in [0.25, 0.3) is 0 Å². The molecule has 1 atom stereocenters. The van der Waals surface area contributed by atoms with Crippen molar-refractivity contribution in [2.45, 2.75) is 19.0 Å². The molecule has 2 aromatic carbocycles. The van der Waals surface area contributed by atoms with Crippen molar-refractivity contribution in [3.63, 3.8) is 0 Å². The van der Waals surface area contributed by atoms with Crippen LogP contribution < -0.4 is 10.5 Å². The lowest BCUT2D eigenvalue weighted by atomic mass is 10.0. The Kier molecular flexibility index (Phi) is 5.78. The Bertz CT molecular complexity index is 525. The highest BCUT2D eigenvalue weighted by Gasteiger charge is 2.16. The van der Waals surface area contributed by atoms with Crippen molar-refractivity contribution in [3.8, 4) is 5.75 Å². The zero-order chi connectivity index (χ0) is 15.1. The van der Waals surface area contributed by atoms with Crippen LogP contribution in [0, 0.1) is 0 Å². The number of ether oxygens (including phenoxy) is 1. The molecule has 2 N–H and O–H groups in total. The molecule has 3 nitrogen and oxygen atoms in total. The van der Waals surface area contributed by atoms with Gasteiger partial charge in [0.15, 0.2) is 0 Å².